The quantitative estimate of drug-likeness (QED) is 0.748. The van der Waals surface area contributed by atoms with Gasteiger partial charge in [-0.2, -0.15) is 5.10 Å². The predicted molar refractivity (Wildman–Crippen MR) is 73.6 cm³/mol. The van der Waals surface area contributed by atoms with Gasteiger partial charge in [0.2, 0.25) is 0 Å². The Morgan fingerprint density at radius 3 is 2.67 bits per heavy atom. The summed E-state index contributed by atoms with van der Waals surface area (Å²) in [6.45, 7) is 5.05. The summed E-state index contributed by atoms with van der Waals surface area (Å²) in [6, 6.07) is 0. The van der Waals surface area contributed by atoms with Crippen molar-refractivity contribution < 1.29 is 5.11 Å². The van der Waals surface area contributed by atoms with Gasteiger partial charge in [-0.05, 0) is 26.2 Å². The number of nitrogen functional groups attached to an aromatic ring is 1. The highest BCUT2D eigenvalue weighted by Gasteiger charge is 2.34. The van der Waals surface area contributed by atoms with Crippen LogP contribution in [0.25, 0.3) is 0 Å². The summed E-state index contributed by atoms with van der Waals surface area (Å²) in [7, 11) is 0. The van der Waals surface area contributed by atoms with Gasteiger partial charge in [0.1, 0.15) is 5.82 Å². The summed E-state index contributed by atoms with van der Waals surface area (Å²) in [5, 5.41) is 17.6. The Hall–Kier alpha value is -1.23. The number of nitrogens with zero attached hydrogens (tertiary/aromatic N) is 2. The molecule has 1 aromatic heterocycles. The lowest BCUT2D eigenvalue weighted by atomic mass is 9.99. The monoisotopic (exact) mass is 252 g/mol. The topological polar surface area (TPSA) is 76.1 Å². The van der Waals surface area contributed by atoms with Gasteiger partial charge < -0.3 is 16.2 Å². The van der Waals surface area contributed by atoms with Crippen LogP contribution < -0.4 is 11.1 Å². The molecule has 0 aliphatic heterocycles. The highest BCUT2D eigenvalue weighted by Crippen LogP contribution is 2.35. The number of nitrogens with one attached hydrogen (secondary N) is 1. The van der Waals surface area contributed by atoms with Crippen molar-refractivity contribution in [2.24, 2.45) is 0 Å². The fourth-order valence-electron chi connectivity index (χ4n) is 2.73. The van der Waals surface area contributed by atoms with Crippen molar-refractivity contribution in [3.63, 3.8) is 0 Å². The standard InChI is InChI=1S/C13H24N4O/c1-3-8-17-12(11(14)10(2)16-17)15-13(9-18)6-4-5-7-13/h15,18H,3-9,14H2,1-2H3. The molecule has 1 aliphatic rings. The van der Waals surface area contributed by atoms with Crippen molar-refractivity contribution in [1.82, 2.24) is 9.78 Å². The van der Waals surface area contributed by atoms with Crippen molar-refractivity contribution in [2.75, 3.05) is 17.7 Å². The third-order valence-corrected chi connectivity index (χ3v) is 3.86. The largest absolute Gasteiger partial charge is 0.394 e. The molecule has 4 N–H and O–H groups in total. The van der Waals surface area contributed by atoms with E-state index in [2.05, 4.69) is 17.3 Å². The minimum atomic E-state index is -0.202. The van der Waals surface area contributed by atoms with Gasteiger partial charge in [0.05, 0.1) is 23.5 Å². The minimum absolute atomic E-state index is 0.156. The number of aliphatic hydroxyl groups excluding tert-OH is 1. The van der Waals surface area contributed by atoms with Crippen LogP contribution in [0.4, 0.5) is 11.5 Å². The Morgan fingerprint density at radius 1 is 1.44 bits per heavy atom. The maximum atomic E-state index is 9.66. The van der Waals surface area contributed by atoms with Crippen LogP contribution in [0.2, 0.25) is 0 Å². The predicted octanol–water partition coefficient (Wildman–Crippen LogP) is 1.90. The molecule has 0 amide bonds. The molecule has 102 valence electrons. The zero-order valence-corrected chi connectivity index (χ0v) is 11.4. The van der Waals surface area contributed by atoms with Crippen molar-refractivity contribution >= 4 is 11.5 Å². The minimum Gasteiger partial charge on any atom is -0.394 e. The van der Waals surface area contributed by atoms with Crippen LogP contribution in [0.1, 0.15) is 44.7 Å². The van der Waals surface area contributed by atoms with Gasteiger partial charge in [-0.15, -0.1) is 0 Å². The zero-order chi connectivity index (χ0) is 13.2. The summed E-state index contributed by atoms with van der Waals surface area (Å²) in [4.78, 5) is 0. The molecule has 0 bridgehead atoms. The molecule has 1 fully saturated rings. The van der Waals surface area contributed by atoms with E-state index in [0.29, 0.717) is 5.69 Å². The second-order valence-electron chi connectivity index (χ2n) is 5.34. The number of aromatic nitrogens is 2. The molecule has 5 nitrogen and oxygen atoms in total. The normalized spacial score (nSPS) is 18.2. The molecule has 18 heavy (non-hydrogen) atoms. The average molecular weight is 252 g/mol. The number of anilines is 2. The number of aliphatic hydroxyl groups is 1. The van der Waals surface area contributed by atoms with Gasteiger partial charge in [0, 0.05) is 6.54 Å². The Kier molecular flexibility index (Phi) is 3.80. The first-order valence-electron chi connectivity index (χ1n) is 6.84. The Bertz CT molecular complexity index is 407. The fraction of sp³-hybridized carbons (Fsp3) is 0.769. The van der Waals surface area contributed by atoms with E-state index in [4.69, 9.17) is 5.73 Å². The maximum absolute atomic E-state index is 9.66. The third-order valence-electron chi connectivity index (χ3n) is 3.86. The Labute approximate surface area is 108 Å². The Balaban J connectivity index is 2.26. The summed E-state index contributed by atoms with van der Waals surface area (Å²) >= 11 is 0. The lowest BCUT2D eigenvalue weighted by Gasteiger charge is -2.29. The first kappa shape index (κ1) is 13.2. The van der Waals surface area contributed by atoms with Crippen LogP contribution in [0.3, 0.4) is 0 Å². The SMILES string of the molecule is CCCn1nc(C)c(N)c1NC1(CO)CCCC1. The summed E-state index contributed by atoms with van der Waals surface area (Å²) in [6.07, 6.45) is 5.34. The van der Waals surface area contributed by atoms with Gasteiger partial charge in [-0.25, -0.2) is 4.68 Å². The number of aryl methyl sites for hydroxylation is 2. The van der Waals surface area contributed by atoms with Gasteiger partial charge in [-0.3, -0.25) is 0 Å². The van der Waals surface area contributed by atoms with Crippen LogP contribution in [0.15, 0.2) is 0 Å². The van der Waals surface area contributed by atoms with Crippen LogP contribution >= 0.6 is 0 Å². The maximum Gasteiger partial charge on any atom is 0.148 e. The molecule has 0 saturated heterocycles. The molecule has 1 aliphatic carbocycles. The van der Waals surface area contributed by atoms with Crippen molar-refractivity contribution in [2.45, 2.75) is 58.0 Å². The lowest BCUT2D eigenvalue weighted by Crippen LogP contribution is -2.40. The Morgan fingerprint density at radius 2 is 2.11 bits per heavy atom. The van der Waals surface area contributed by atoms with Crippen LogP contribution in [0.5, 0.6) is 0 Å². The number of hydrogen-bond donors (Lipinski definition) is 3. The van der Waals surface area contributed by atoms with E-state index in [1.807, 2.05) is 11.6 Å². The molecule has 1 aromatic rings. The molecule has 0 unspecified atom stereocenters. The van der Waals surface area contributed by atoms with Crippen molar-refractivity contribution in [1.29, 1.82) is 0 Å². The molecule has 1 saturated carbocycles. The van der Waals surface area contributed by atoms with Gasteiger partial charge in [0.25, 0.3) is 0 Å². The van der Waals surface area contributed by atoms with Gasteiger partial charge >= 0.3 is 0 Å². The second-order valence-corrected chi connectivity index (χ2v) is 5.34. The second kappa shape index (κ2) is 5.18. The highest BCUT2D eigenvalue weighted by atomic mass is 16.3. The molecule has 0 aromatic carbocycles. The highest BCUT2D eigenvalue weighted by molar-refractivity contribution is 5.65. The molecule has 0 spiro atoms. The van der Waals surface area contributed by atoms with E-state index in [-0.39, 0.29) is 12.1 Å². The van der Waals surface area contributed by atoms with Gasteiger partial charge in [0.15, 0.2) is 0 Å². The third kappa shape index (κ3) is 2.32. The molecular formula is C13H24N4O. The molecule has 0 radical (unpaired) electrons. The van der Waals surface area contributed by atoms with Crippen LogP contribution in [-0.2, 0) is 6.54 Å². The fourth-order valence-corrected chi connectivity index (χ4v) is 2.73. The summed E-state index contributed by atoms with van der Waals surface area (Å²) in [5.74, 6) is 0.880. The van der Waals surface area contributed by atoms with E-state index in [1.54, 1.807) is 0 Å². The van der Waals surface area contributed by atoms with E-state index in [0.717, 1.165) is 50.2 Å². The molecule has 0 atom stereocenters. The van der Waals surface area contributed by atoms with E-state index < -0.39 is 0 Å². The molecule has 2 rings (SSSR count). The smallest absolute Gasteiger partial charge is 0.148 e. The molecule has 1 heterocycles. The first-order valence-corrected chi connectivity index (χ1v) is 6.84. The van der Waals surface area contributed by atoms with Crippen molar-refractivity contribution in [3.05, 3.63) is 5.69 Å². The summed E-state index contributed by atoms with van der Waals surface area (Å²) < 4.78 is 1.93. The van der Waals surface area contributed by atoms with Crippen LogP contribution in [-0.4, -0.2) is 27.0 Å². The number of rotatable bonds is 5. The van der Waals surface area contributed by atoms with Crippen molar-refractivity contribution in [3.8, 4) is 0 Å². The first-order chi connectivity index (χ1) is 8.62. The number of nitrogens with two attached hydrogens (primary N) is 1. The number of hydrogen-bond acceptors (Lipinski definition) is 4. The zero-order valence-electron chi connectivity index (χ0n) is 11.4. The molecule has 5 heteroatoms. The molecular weight excluding hydrogens is 228 g/mol. The lowest BCUT2D eigenvalue weighted by molar-refractivity contribution is 0.213. The average Bonchev–Trinajstić information content (AvgIpc) is 2.92. The van der Waals surface area contributed by atoms with E-state index in [1.165, 1.54) is 0 Å². The van der Waals surface area contributed by atoms with E-state index >= 15 is 0 Å². The van der Waals surface area contributed by atoms with Gasteiger partial charge in [-0.1, -0.05) is 19.8 Å². The van der Waals surface area contributed by atoms with E-state index in [9.17, 15) is 5.11 Å². The summed E-state index contributed by atoms with van der Waals surface area (Å²) in [5.41, 5.74) is 7.47. The van der Waals surface area contributed by atoms with Crippen LogP contribution in [0, 0.1) is 6.92 Å².